The molecule has 2 N–H and O–H groups in total. The zero-order valence-electron chi connectivity index (χ0n) is 13.0. The van der Waals surface area contributed by atoms with Gasteiger partial charge < -0.3 is 10.6 Å². The van der Waals surface area contributed by atoms with Crippen molar-refractivity contribution in [2.75, 3.05) is 10.6 Å². The van der Waals surface area contributed by atoms with E-state index >= 15 is 0 Å². The summed E-state index contributed by atoms with van der Waals surface area (Å²) in [4.78, 5) is 8.70. The van der Waals surface area contributed by atoms with Gasteiger partial charge in [-0.05, 0) is 43.7 Å². The van der Waals surface area contributed by atoms with E-state index in [1.807, 2.05) is 44.2 Å². The Morgan fingerprint density at radius 3 is 2.48 bits per heavy atom. The van der Waals surface area contributed by atoms with Crippen molar-refractivity contribution in [1.29, 1.82) is 0 Å². The first-order valence-electron chi connectivity index (χ1n) is 7.31. The van der Waals surface area contributed by atoms with Gasteiger partial charge in [0.05, 0.1) is 5.69 Å². The van der Waals surface area contributed by atoms with Crippen molar-refractivity contribution in [3.8, 4) is 0 Å². The van der Waals surface area contributed by atoms with Gasteiger partial charge in [-0.25, -0.2) is 9.37 Å². The number of benzene rings is 2. The fourth-order valence-corrected chi connectivity index (χ4v) is 2.24. The predicted octanol–water partition coefficient (Wildman–Crippen LogP) is 4.72. The number of nitrogens with one attached hydrogen (secondary N) is 2. The van der Waals surface area contributed by atoms with Crippen LogP contribution in [0.1, 0.15) is 11.3 Å². The lowest BCUT2D eigenvalue weighted by Gasteiger charge is -2.10. The predicted molar refractivity (Wildman–Crippen MR) is 90.9 cm³/mol. The lowest BCUT2D eigenvalue weighted by molar-refractivity contribution is 0.631. The molecule has 3 rings (SSSR count). The van der Waals surface area contributed by atoms with Gasteiger partial charge in [-0.2, -0.15) is 4.98 Å². The first-order valence-corrected chi connectivity index (χ1v) is 7.31. The van der Waals surface area contributed by atoms with Crippen molar-refractivity contribution in [1.82, 2.24) is 9.97 Å². The van der Waals surface area contributed by atoms with Gasteiger partial charge in [0.15, 0.2) is 0 Å². The summed E-state index contributed by atoms with van der Waals surface area (Å²) >= 11 is 0. The molecule has 0 aliphatic rings. The number of nitrogens with zero attached hydrogens (tertiary/aromatic N) is 2. The van der Waals surface area contributed by atoms with Crippen molar-refractivity contribution in [3.63, 3.8) is 0 Å². The molecule has 0 radical (unpaired) electrons. The maximum Gasteiger partial charge on any atom is 0.229 e. The largest absolute Gasteiger partial charge is 0.340 e. The van der Waals surface area contributed by atoms with E-state index in [-0.39, 0.29) is 5.82 Å². The van der Waals surface area contributed by atoms with Crippen LogP contribution < -0.4 is 10.6 Å². The average molecular weight is 308 g/mol. The lowest BCUT2D eigenvalue weighted by Crippen LogP contribution is -2.03. The third kappa shape index (κ3) is 3.83. The third-order valence-corrected chi connectivity index (χ3v) is 3.27. The highest BCUT2D eigenvalue weighted by Gasteiger charge is 2.06. The van der Waals surface area contributed by atoms with Gasteiger partial charge in [-0.3, -0.25) is 0 Å². The van der Waals surface area contributed by atoms with Crippen LogP contribution in [0.5, 0.6) is 0 Å². The van der Waals surface area contributed by atoms with Crippen LogP contribution in [0.15, 0.2) is 54.6 Å². The molecule has 116 valence electrons. The molecule has 3 aromatic rings. The van der Waals surface area contributed by atoms with Crippen LogP contribution in [0.2, 0.25) is 0 Å². The van der Waals surface area contributed by atoms with Crippen LogP contribution in [0.4, 0.5) is 27.5 Å². The molecule has 0 atom stereocenters. The molecular formula is C18H17FN4. The Bertz CT molecular complexity index is 833. The number of rotatable bonds is 4. The number of aromatic nitrogens is 2. The maximum absolute atomic E-state index is 13.7. The fraction of sp³-hybridized carbons (Fsp3) is 0.111. The molecule has 0 aliphatic carbocycles. The summed E-state index contributed by atoms with van der Waals surface area (Å²) in [6.45, 7) is 3.90. The summed E-state index contributed by atoms with van der Waals surface area (Å²) in [5, 5.41) is 6.15. The second-order valence-corrected chi connectivity index (χ2v) is 5.32. The first-order chi connectivity index (χ1) is 11.1. The molecule has 0 fully saturated rings. The molecular weight excluding hydrogens is 291 g/mol. The molecule has 0 amide bonds. The fourth-order valence-electron chi connectivity index (χ4n) is 2.24. The van der Waals surface area contributed by atoms with Gasteiger partial charge in [-0.1, -0.05) is 24.3 Å². The van der Waals surface area contributed by atoms with Crippen molar-refractivity contribution in [2.45, 2.75) is 13.8 Å². The van der Waals surface area contributed by atoms with Crippen LogP contribution in [-0.2, 0) is 0 Å². The second kappa shape index (κ2) is 6.44. The van der Waals surface area contributed by atoms with E-state index in [0.29, 0.717) is 17.5 Å². The summed E-state index contributed by atoms with van der Waals surface area (Å²) in [5.74, 6) is 0.665. The van der Waals surface area contributed by atoms with E-state index in [4.69, 9.17) is 0 Å². The van der Waals surface area contributed by atoms with Gasteiger partial charge in [0.25, 0.3) is 0 Å². The Morgan fingerprint density at radius 1 is 0.870 bits per heavy atom. The number of anilines is 4. The van der Waals surface area contributed by atoms with Crippen LogP contribution in [-0.4, -0.2) is 9.97 Å². The van der Waals surface area contributed by atoms with Crippen molar-refractivity contribution >= 4 is 23.1 Å². The number of halogens is 1. The van der Waals surface area contributed by atoms with E-state index < -0.39 is 0 Å². The topological polar surface area (TPSA) is 49.8 Å². The average Bonchev–Trinajstić information content (AvgIpc) is 2.49. The van der Waals surface area contributed by atoms with Crippen molar-refractivity contribution < 1.29 is 4.39 Å². The number of hydrogen-bond donors (Lipinski definition) is 2. The molecule has 1 heterocycles. The molecule has 4 nitrogen and oxygen atoms in total. The van der Waals surface area contributed by atoms with E-state index in [9.17, 15) is 4.39 Å². The van der Waals surface area contributed by atoms with Crippen LogP contribution >= 0.6 is 0 Å². The Labute approximate surface area is 134 Å². The highest BCUT2D eigenvalue weighted by molar-refractivity contribution is 5.60. The van der Waals surface area contributed by atoms with Crippen molar-refractivity contribution in [3.05, 3.63) is 71.7 Å². The Hall–Kier alpha value is -2.95. The molecule has 1 aromatic heterocycles. The van der Waals surface area contributed by atoms with Gasteiger partial charge in [0.2, 0.25) is 5.95 Å². The van der Waals surface area contributed by atoms with Crippen LogP contribution in [0.3, 0.4) is 0 Å². The summed E-state index contributed by atoms with van der Waals surface area (Å²) in [6.07, 6.45) is 0. The minimum atomic E-state index is -0.342. The highest BCUT2D eigenvalue weighted by atomic mass is 19.1. The van der Waals surface area contributed by atoms with Gasteiger partial charge in [0.1, 0.15) is 11.6 Å². The van der Waals surface area contributed by atoms with Crippen LogP contribution in [0.25, 0.3) is 0 Å². The third-order valence-electron chi connectivity index (χ3n) is 3.27. The van der Waals surface area contributed by atoms with Crippen LogP contribution in [0, 0.1) is 19.7 Å². The van der Waals surface area contributed by atoms with E-state index in [0.717, 1.165) is 16.9 Å². The Kier molecular flexibility index (Phi) is 4.19. The number of aryl methyl sites for hydroxylation is 2. The number of para-hydroxylation sites is 1. The monoisotopic (exact) mass is 308 g/mol. The summed E-state index contributed by atoms with van der Waals surface area (Å²) in [7, 11) is 0. The summed E-state index contributed by atoms with van der Waals surface area (Å²) < 4.78 is 13.7. The van der Waals surface area contributed by atoms with E-state index in [1.54, 1.807) is 18.2 Å². The molecule has 0 bridgehead atoms. The SMILES string of the molecule is Cc1cccc(Nc2cc(C)nc(Nc3ccccc3F)n2)c1. The Morgan fingerprint density at radius 2 is 1.70 bits per heavy atom. The highest BCUT2D eigenvalue weighted by Crippen LogP contribution is 2.21. The van der Waals surface area contributed by atoms with Gasteiger partial charge in [-0.15, -0.1) is 0 Å². The first kappa shape index (κ1) is 15.0. The molecule has 23 heavy (non-hydrogen) atoms. The lowest BCUT2D eigenvalue weighted by atomic mass is 10.2. The molecule has 0 unspecified atom stereocenters. The normalized spacial score (nSPS) is 10.4. The standard InChI is InChI=1S/C18H17FN4/c1-12-6-5-7-14(10-12)21-17-11-13(2)20-18(23-17)22-16-9-4-3-8-15(16)19/h3-11H,1-2H3,(H2,20,21,22,23). The van der Waals surface area contributed by atoms with Gasteiger partial charge >= 0.3 is 0 Å². The summed E-state index contributed by atoms with van der Waals surface area (Å²) in [5.41, 5.74) is 3.24. The van der Waals surface area contributed by atoms with E-state index in [1.165, 1.54) is 6.07 Å². The van der Waals surface area contributed by atoms with Gasteiger partial charge in [0, 0.05) is 17.4 Å². The van der Waals surface area contributed by atoms with Crippen molar-refractivity contribution in [2.24, 2.45) is 0 Å². The van der Waals surface area contributed by atoms with E-state index in [2.05, 4.69) is 20.6 Å². The molecule has 0 spiro atoms. The zero-order valence-corrected chi connectivity index (χ0v) is 13.0. The molecule has 0 saturated heterocycles. The zero-order chi connectivity index (χ0) is 16.2. The maximum atomic E-state index is 13.7. The quantitative estimate of drug-likeness (QED) is 0.732. The molecule has 0 aliphatic heterocycles. The number of hydrogen-bond acceptors (Lipinski definition) is 4. The minimum absolute atomic E-state index is 0.342. The second-order valence-electron chi connectivity index (χ2n) is 5.32. The Balaban J connectivity index is 1.86. The summed E-state index contributed by atoms with van der Waals surface area (Å²) in [6, 6.07) is 16.3. The minimum Gasteiger partial charge on any atom is -0.340 e. The molecule has 2 aromatic carbocycles. The molecule has 5 heteroatoms. The smallest absolute Gasteiger partial charge is 0.229 e. The molecule has 0 saturated carbocycles.